The average molecular weight is 282 g/mol. The minimum Gasteiger partial charge on any atom is -0.489 e. The average Bonchev–Trinajstić information content (AvgIpc) is 2.44. The highest BCUT2D eigenvalue weighted by Crippen LogP contribution is 2.15. The van der Waals surface area contributed by atoms with E-state index in [0.29, 0.717) is 12.6 Å². The molecular formula is C16H24ClNO. The van der Waals surface area contributed by atoms with Crippen molar-refractivity contribution >= 4 is 11.6 Å². The van der Waals surface area contributed by atoms with Gasteiger partial charge in [0.1, 0.15) is 12.4 Å². The second-order valence-corrected chi connectivity index (χ2v) is 5.10. The van der Waals surface area contributed by atoms with Crippen molar-refractivity contribution in [3.8, 4) is 5.75 Å². The van der Waals surface area contributed by atoms with Gasteiger partial charge in [-0.3, -0.25) is 0 Å². The first-order valence-corrected chi connectivity index (χ1v) is 7.30. The first-order chi connectivity index (χ1) is 9.15. The Balaban J connectivity index is 2.39. The van der Waals surface area contributed by atoms with E-state index in [4.69, 9.17) is 16.3 Å². The molecule has 1 aromatic carbocycles. The maximum Gasteiger partial charge on any atom is 0.119 e. The molecule has 0 radical (unpaired) electrons. The summed E-state index contributed by atoms with van der Waals surface area (Å²) < 4.78 is 5.61. The topological polar surface area (TPSA) is 21.3 Å². The molecule has 0 saturated heterocycles. The van der Waals surface area contributed by atoms with E-state index in [1.165, 1.54) is 5.56 Å². The van der Waals surface area contributed by atoms with E-state index in [1.807, 2.05) is 19.1 Å². The van der Waals surface area contributed by atoms with Crippen molar-refractivity contribution in [1.82, 2.24) is 5.32 Å². The van der Waals surface area contributed by atoms with Crippen molar-refractivity contribution in [3.05, 3.63) is 40.9 Å². The summed E-state index contributed by atoms with van der Waals surface area (Å²) in [5.74, 6) is 0.890. The highest BCUT2D eigenvalue weighted by atomic mass is 35.5. The van der Waals surface area contributed by atoms with E-state index in [2.05, 4.69) is 31.3 Å². The number of hydrogen-bond donors (Lipinski definition) is 1. The van der Waals surface area contributed by atoms with Crippen LogP contribution in [0.4, 0.5) is 0 Å². The molecule has 0 spiro atoms. The Kier molecular flexibility index (Phi) is 7.61. The zero-order valence-electron chi connectivity index (χ0n) is 12.1. The number of benzene rings is 1. The summed E-state index contributed by atoms with van der Waals surface area (Å²) in [6.45, 7) is 7.88. The lowest BCUT2D eigenvalue weighted by Crippen LogP contribution is -2.25. The van der Waals surface area contributed by atoms with Crippen molar-refractivity contribution < 1.29 is 4.74 Å². The van der Waals surface area contributed by atoms with Crippen LogP contribution in [0.15, 0.2) is 35.4 Å². The maximum atomic E-state index is 5.61. The molecule has 2 nitrogen and oxygen atoms in total. The molecule has 0 aliphatic carbocycles. The quantitative estimate of drug-likeness (QED) is 0.773. The number of ether oxygens (including phenoxy) is 1. The molecule has 1 rings (SSSR count). The van der Waals surface area contributed by atoms with Crippen molar-refractivity contribution in [2.75, 3.05) is 13.2 Å². The van der Waals surface area contributed by atoms with Gasteiger partial charge >= 0.3 is 0 Å². The largest absolute Gasteiger partial charge is 0.489 e. The molecule has 0 fully saturated rings. The molecule has 3 heteroatoms. The highest BCUT2D eigenvalue weighted by Gasteiger charge is 2.01. The molecule has 19 heavy (non-hydrogen) atoms. The Labute approximate surface area is 121 Å². The van der Waals surface area contributed by atoms with Gasteiger partial charge in [-0.15, -0.1) is 0 Å². The van der Waals surface area contributed by atoms with Crippen LogP contribution >= 0.6 is 11.6 Å². The maximum absolute atomic E-state index is 5.61. The first kappa shape index (κ1) is 16.1. The molecule has 106 valence electrons. The first-order valence-electron chi connectivity index (χ1n) is 6.86. The van der Waals surface area contributed by atoms with E-state index in [0.717, 1.165) is 30.7 Å². The third kappa shape index (κ3) is 6.65. The lowest BCUT2D eigenvalue weighted by atomic mass is 10.1. The van der Waals surface area contributed by atoms with Gasteiger partial charge in [-0.1, -0.05) is 30.7 Å². The minimum absolute atomic E-state index is 0.542. The molecule has 1 atom stereocenters. The van der Waals surface area contributed by atoms with Gasteiger partial charge in [0.2, 0.25) is 0 Å². The van der Waals surface area contributed by atoms with Gasteiger partial charge in [0, 0.05) is 11.6 Å². The number of hydrogen-bond acceptors (Lipinski definition) is 2. The van der Waals surface area contributed by atoms with Crippen LogP contribution in [0.25, 0.3) is 0 Å². The summed E-state index contributed by atoms with van der Waals surface area (Å²) in [6.07, 6.45) is 2.25. The molecule has 1 N–H and O–H groups in total. The molecule has 0 aromatic heterocycles. The Hall–Kier alpha value is -0.990. The molecular weight excluding hydrogens is 258 g/mol. The zero-order chi connectivity index (χ0) is 14.1. The van der Waals surface area contributed by atoms with Gasteiger partial charge < -0.3 is 10.1 Å². The smallest absolute Gasteiger partial charge is 0.119 e. The van der Waals surface area contributed by atoms with E-state index < -0.39 is 0 Å². The summed E-state index contributed by atoms with van der Waals surface area (Å²) >= 11 is 5.59. The lowest BCUT2D eigenvalue weighted by molar-refractivity contribution is 0.352. The fraction of sp³-hybridized carbons (Fsp3) is 0.500. The standard InChI is InChI=1S/C16H24ClNO/c1-4-18-14(3)5-6-15-7-9-16(10-8-15)19-12-13(2)11-17/h7-11,14,18H,4-6,12H2,1-3H3/b13-11+. The fourth-order valence-electron chi connectivity index (χ4n) is 1.81. The van der Waals surface area contributed by atoms with E-state index in [1.54, 1.807) is 5.54 Å². The van der Waals surface area contributed by atoms with Crippen LogP contribution < -0.4 is 10.1 Å². The van der Waals surface area contributed by atoms with Gasteiger partial charge in [-0.05, 0) is 56.5 Å². The fourth-order valence-corrected chi connectivity index (χ4v) is 1.88. The highest BCUT2D eigenvalue weighted by molar-refractivity contribution is 6.25. The minimum atomic E-state index is 0.542. The second-order valence-electron chi connectivity index (χ2n) is 4.89. The van der Waals surface area contributed by atoms with Crippen molar-refractivity contribution in [2.45, 2.75) is 39.7 Å². The van der Waals surface area contributed by atoms with Crippen LogP contribution in [-0.2, 0) is 6.42 Å². The van der Waals surface area contributed by atoms with Gasteiger partial charge in [0.05, 0.1) is 0 Å². The molecule has 0 aliphatic heterocycles. The third-order valence-electron chi connectivity index (χ3n) is 2.99. The molecule has 1 unspecified atom stereocenters. The SMILES string of the molecule is CCNC(C)CCc1ccc(OC/C(C)=C/Cl)cc1. The van der Waals surface area contributed by atoms with Crippen molar-refractivity contribution in [1.29, 1.82) is 0 Å². The van der Waals surface area contributed by atoms with Crippen molar-refractivity contribution in [3.63, 3.8) is 0 Å². The predicted molar refractivity (Wildman–Crippen MR) is 83.0 cm³/mol. The summed E-state index contributed by atoms with van der Waals surface area (Å²) in [7, 11) is 0. The normalized spacial score (nSPS) is 13.4. The Morgan fingerprint density at radius 2 is 2.05 bits per heavy atom. The van der Waals surface area contributed by atoms with Crippen molar-refractivity contribution in [2.24, 2.45) is 0 Å². The Morgan fingerprint density at radius 1 is 1.37 bits per heavy atom. The van der Waals surface area contributed by atoms with E-state index in [9.17, 15) is 0 Å². The van der Waals surface area contributed by atoms with Gasteiger partial charge in [0.25, 0.3) is 0 Å². The third-order valence-corrected chi connectivity index (χ3v) is 3.37. The number of rotatable bonds is 8. The number of nitrogens with one attached hydrogen (secondary N) is 1. The molecule has 0 heterocycles. The molecule has 1 aromatic rings. The Bertz CT molecular complexity index is 386. The molecule has 0 amide bonds. The van der Waals surface area contributed by atoms with E-state index >= 15 is 0 Å². The predicted octanol–water partition coefficient (Wildman–Crippen LogP) is 4.14. The second kappa shape index (κ2) is 9.00. The summed E-state index contributed by atoms with van der Waals surface area (Å²) in [5, 5.41) is 3.42. The molecule has 0 bridgehead atoms. The summed E-state index contributed by atoms with van der Waals surface area (Å²) in [5.41, 5.74) is 3.92. The summed E-state index contributed by atoms with van der Waals surface area (Å²) in [4.78, 5) is 0. The number of halogens is 1. The van der Waals surface area contributed by atoms with E-state index in [-0.39, 0.29) is 0 Å². The molecule has 0 saturated carbocycles. The van der Waals surface area contributed by atoms with Crippen LogP contribution in [0.3, 0.4) is 0 Å². The van der Waals surface area contributed by atoms with Gasteiger partial charge in [0.15, 0.2) is 0 Å². The lowest BCUT2D eigenvalue weighted by Gasteiger charge is -2.12. The Morgan fingerprint density at radius 3 is 2.63 bits per heavy atom. The van der Waals surface area contributed by atoms with Crippen LogP contribution in [0, 0.1) is 0 Å². The van der Waals surface area contributed by atoms with Crippen LogP contribution in [0.1, 0.15) is 32.8 Å². The number of aryl methyl sites for hydroxylation is 1. The van der Waals surface area contributed by atoms with Crippen LogP contribution in [-0.4, -0.2) is 19.2 Å². The van der Waals surface area contributed by atoms with Gasteiger partial charge in [-0.2, -0.15) is 0 Å². The van der Waals surface area contributed by atoms with Crippen LogP contribution in [0.2, 0.25) is 0 Å². The molecule has 0 aliphatic rings. The zero-order valence-corrected chi connectivity index (χ0v) is 12.8. The van der Waals surface area contributed by atoms with Crippen LogP contribution in [0.5, 0.6) is 5.75 Å². The monoisotopic (exact) mass is 281 g/mol. The van der Waals surface area contributed by atoms with Gasteiger partial charge in [-0.25, -0.2) is 0 Å². The summed E-state index contributed by atoms with van der Waals surface area (Å²) in [6, 6.07) is 8.88.